The summed E-state index contributed by atoms with van der Waals surface area (Å²) >= 11 is 0. The third-order valence-electron chi connectivity index (χ3n) is 5.68. The molecule has 1 aromatic heterocycles. The number of nitrogens with zero attached hydrogens (tertiary/aromatic N) is 2. The van der Waals surface area contributed by atoms with Gasteiger partial charge in [0.05, 0.1) is 11.1 Å². The number of esters is 1. The van der Waals surface area contributed by atoms with Crippen LogP contribution in [0.4, 0.5) is 10.1 Å². The van der Waals surface area contributed by atoms with E-state index in [1.807, 2.05) is 0 Å². The number of ether oxygens (including phenoxy) is 1. The molecule has 7 nitrogen and oxygen atoms in total. The number of anilines is 1. The molecule has 0 spiro atoms. The van der Waals surface area contributed by atoms with Crippen molar-refractivity contribution in [2.75, 3.05) is 5.32 Å². The maximum Gasteiger partial charge on any atom is 0.360 e. The van der Waals surface area contributed by atoms with E-state index in [0.29, 0.717) is 22.3 Å². The lowest BCUT2D eigenvalue weighted by molar-refractivity contribution is -0.125. The van der Waals surface area contributed by atoms with Crippen LogP contribution in [0.5, 0.6) is 0 Å². The van der Waals surface area contributed by atoms with Crippen LogP contribution in [0.2, 0.25) is 0 Å². The first kappa shape index (κ1) is 23.6. The van der Waals surface area contributed by atoms with Crippen LogP contribution < -0.4 is 10.9 Å². The maximum atomic E-state index is 13.5. The van der Waals surface area contributed by atoms with Gasteiger partial charge in [-0.3, -0.25) is 9.59 Å². The van der Waals surface area contributed by atoms with Crippen molar-refractivity contribution >= 4 is 28.3 Å². The highest BCUT2D eigenvalue weighted by atomic mass is 19.1. The number of hydrogen-bond acceptors (Lipinski definition) is 5. The lowest BCUT2D eigenvalue weighted by atomic mass is 10.1. The molecule has 0 unspecified atom stereocenters. The molecule has 5 aromatic rings. The fourth-order valence-corrected chi connectivity index (χ4v) is 3.89. The molecule has 4 aromatic carbocycles. The molecule has 0 bridgehead atoms. The Morgan fingerprint density at radius 3 is 2.05 bits per heavy atom. The smallest absolute Gasteiger partial charge is 0.360 e. The molecule has 1 N–H and O–H groups in total. The highest BCUT2D eigenvalue weighted by Gasteiger charge is 2.28. The predicted octanol–water partition coefficient (Wildman–Crippen LogP) is 5.06. The van der Waals surface area contributed by atoms with Gasteiger partial charge >= 0.3 is 5.97 Å². The third kappa shape index (κ3) is 4.99. The summed E-state index contributed by atoms with van der Waals surface area (Å²) in [7, 11) is 0. The van der Waals surface area contributed by atoms with E-state index in [4.69, 9.17) is 4.74 Å². The van der Waals surface area contributed by atoms with Crippen LogP contribution in [-0.2, 0) is 9.53 Å². The summed E-state index contributed by atoms with van der Waals surface area (Å²) in [5.41, 5.74) is 0.725. The van der Waals surface area contributed by atoms with E-state index < -0.39 is 29.4 Å². The monoisotopic (exact) mass is 493 g/mol. The van der Waals surface area contributed by atoms with Crippen molar-refractivity contribution in [2.45, 2.75) is 6.10 Å². The largest absolute Gasteiger partial charge is 0.442 e. The number of nitrogens with one attached hydrogen (secondary N) is 1. The van der Waals surface area contributed by atoms with Crippen molar-refractivity contribution in [1.29, 1.82) is 0 Å². The SMILES string of the molecule is O=C(O[C@H](C(=O)Nc1ccc(F)cc1)c1ccccc1)c1nn(-c2ccccc2)c(=O)c2ccccc12. The number of carbonyl (C=O) groups excluding carboxylic acids is 2. The van der Waals surface area contributed by atoms with Crippen LogP contribution in [0.15, 0.2) is 114 Å². The third-order valence-corrected chi connectivity index (χ3v) is 5.68. The van der Waals surface area contributed by atoms with Crippen molar-refractivity contribution in [1.82, 2.24) is 9.78 Å². The molecule has 0 saturated heterocycles. The lowest BCUT2D eigenvalue weighted by Crippen LogP contribution is -2.29. The fraction of sp³-hybridized carbons (Fsp3) is 0.0345. The van der Waals surface area contributed by atoms with Crippen LogP contribution in [0.1, 0.15) is 22.2 Å². The number of aromatic nitrogens is 2. The Balaban J connectivity index is 1.55. The number of fused-ring (bicyclic) bond motifs is 1. The Kier molecular flexibility index (Phi) is 6.54. The normalized spacial score (nSPS) is 11.6. The minimum atomic E-state index is -1.34. The van der Waals surface area contributed by atoms with Gasteiger partial charge in [0.1, 0.15) is 5.82 Å². The summed E-state index contributed by atoms with van der Waals surface area (Å²) in [5.74, 6) is -1.97. The summed E-state index contributed by atoms with van der Waals surface area (Å²) in [6, 6.07) is 29.0. The fourth-order valence-electron chi connectivity index (χ4n) is 3.89. The number of carbonyl (C=O) groups is 2. The van der Waals surface area contributed by atoms with E-state index in [-0.39, 0.29) is 11.1 Å². The Morgan fingerprint density at radius 1 is 0.784 bits per heavy atom. The van der Waals surface area contributed by atoms with Crippen LogP contribution in [0.25, 0.3) is 16.5 Å². The molecule has 0 aliphatic carbocycles. The van der Waals surface area contributed by atoms with Crippen LogP contribution in [0, 0.1) is 5.82 Å². The molecule has 182 valence electrons. The topological polar surface area (TPSA) is 90.3 Å². The summed E-state index contributed by atoms with van der Waals surface area (Å²) in [5, 5.41) is 7.56. The van der Waals surface area contributed by atoms with E-state index in [0.717, 1.165) is 4.68 Å². The summed E-state index contributed by atoms with van der Waals surface area (Å²) in [6.45, 7) is 0. The summed E-state index contributed by atoms with van der Waals surface area (Å²) in [6.07, 6.45) is -1.34. The van der Waals surface area contributed by atoms with E-state index in [1.165, 1.54) is 24.3 Å². The molecule has 37 heavy (non-hydrogen) atoms. The highest BCUT2D eigenvalue weighted by molar-refractivity contribution is 6.04. The van der Waals surface area contributed by atoms with Crippen LogP contribution in [-0.4, -0.2) is 21.7 Å². The van der Waals surface area contributed by atoms with E-state index in [1.54, 1.807) is 84.9 Å². The highest BCUT2D eigenvalue weighted by Crippen LogP contribution is 2.24. The van der Waals surface area contributed by atoms with Gasteiger partial charge in [0.15, 0.2) is 5.69 Å². The maximum absolute atomic E-state index is 13.5. The zero-order chi connectivity index (χ0) is 25.8. The molecule has 1 amide bonds. The zero-order valence-corrected chi connectivity index (χ0v) is 19.4. The first-order valence-corrected chi connectivity index (χ1v) is 11.4. The van der Waals surface area contributed by atoms with Gasteiger partial charge in [0.2, 0.25) is 6.10 Å². The molecule has 0 fully saturated rings. The minimum absolute atomic E-state index is 0.116. The molecule has 5 rings (SSSR count). The molecular formula is C29H20FN3O4. The van der Waals surface area contributed by atoms with Crippen molar-refractivity contribution < 1.29 is 18.7 Å². The number of halogens is 1. The van der Waals surface area contributed by atoms with E-state index >= 15 is 0 Å². The quantitative estimate of drug-likeness (QED) is 0.334. The standard InChI is InChI=1S/C29H20FN3O4/c30-20-15-17-21(18-16-20)31-27(34)26(19-9-3-1-4-10-19)37-29(36)25-23-13-7-8-14-24(23)28(35)33(32-25)22-11-5-2-6-12-22/h1-18,26H,(H,31,34)/t26-/m0/s1. The zero-order valence-electron chi connectivity index (χ0n) is 19.4. The van der Waals surface area contributed by atoms with Gasteiger partial charge in [-0.1, -0.05) is 66.7 Å². The van der Waals surface area contributed by atoms with Gasteiger partial charge < -0.3 is 10.1 Å². The minimum Gasteiger partial charge on any atom is -0.442 e. The molecular weight excluding hydrogens is 473 g/mol. The number of para-hydroxylation sites is 1. The van der Waals surface area contributed by atoms with Crippen LogP contribution in [0.3, 0.4) is 0 Å². The van der Waals surface area contributed by atoms with Gasteiger partial charge in [-0.2, -0.15) is 9.78 Å². The van der Waals surface area contributed by atoms with Gasteiger partial charge in [0, 0.05) is 16.6 Å². The van der Waals surface area contributed by atoms with Gasteiger partial charge in [-0.05, 0) is 42.5 Å². The van der Waals surface area contributed by atoms with Crippen molar-refractivity contribution in [3.8, 4) is 5.69 Å². The van der Waals surface area contributed by atoms with E-state index in [2.05, 4.69) is 10.4 Å². The second-order valence-electron chi connectivity index (χ2n) is 8.14. The Labute approximate surface area is 210 Å². The van der Waals surface area contributed by atoms with Gasteiger partial charge in [-0.25, -0.2) is 9.18 Å². The molecule has 1 heterocycles. The molecule has 0 radical (unpaired) electrons. The van der Waals surface area contributed by atoms with Gasteiger partial charge in [0.25, 0.3) is 11.5 Å². The van der Waals surface area contributed by atoms with Gasteiger partial charge in [-0.15, -0.1) is 0 Å². The second kappa shape index (κ2) is 10.2. The molecule has 8 heteroatoms. The number of amides is 1. The van der Waals surface area contributed by atoms with Crippen molar-refractivity contribution in [2.24, 2.45) is 0 Å². The predicted molar refractivity (Wildman–Crippen MR) is 137 cm³/mol. The van der Waals surface area contributed by atoms with Crippen molar-refractivity contribution in [3.05, 3.63) is 137 Å². The first-order valence-electron chi connectivity index (χ1n) is 11.4. The van der Waals surface area contributed by atoms with Crippen LogP contribution >= 0.6 is 0 Å². The Hall–Kier alpha value is -5.11. The number of rotatable bonds is 6. The van der Waals surface area contributed by atoms with Crippen molar-refractivity contribution in [3.63, 3.8) is 0 Å². The number of benzene rings is 4. The molecule has 1 atom stereocenters. The number of hydrogen-bond donors (Lipinski definition) is 1. The molecule has 0 saturated carbocycles. The first-order chi connectivity index (χ1) is 18.0. The average Bonchev–Trinajstić information content (AvgIpc) is 2.94. The van der Waals surface area contributed by atoms with E-state index in [9.17, 15) is 18.8 Å². The Bertz CT molecular complexity index is 1640. The summed E-state index contributed by atoms with van der Waals surface area (Å²) in [4.78, 5) is 39.9. The average molecular weight is 493 g/mol. The molecule has 0 aliphatic rings. The summed E-state index contributed by atoms with van der Waals surface area (Å²) < 4.78 is 20.2. The Morgan fingerprint density at radius 2 is 1.38 bits per heavy atom. The molecule has 0 aliphatic heterocycles. The second-order valence-corrected chi connectivity index (χ2v) is 8.14. The lowest BCUT2D eigenvalue weighted by Gasteiger charge is -2.19.